The highest BCUT2D eigenvalue weighted by atomic mass is 32.2. The topological polar surface area (TPSA) is 55.2 Å². The van der Waals surface area contributed by atoms with Crippen molar-refractivity contribution < 1.29 is 4.79 Å². The van der Waals surface area contributed by atoms with E-state index in [1.165, 1.54) is 19.0 Å². The molecule has 3 aliphatic rings. The van der Waals surface area contributed by atoms with Crippen molar-refractivity contribution in [1.29, 1.82) is 0 Å². The summed E-state index contributed by atoms with van der Waals surface area (Å²) < 4.78 is 1.66. The largest absolute Gasteiger partial charge is 0.332 e. The van der Waals surface area contributed by atoms with E-state index < -0.39 is 0 Å². The second kappa shape index (κ2) is 5.96. The Labute approximate surface area is 140 Å². The first-order chi connectivity index (χ1) is 11.1. The second-order valence-electron chi connectivity index (χ2n) is 7.12. The lowest BCUT2D eigenvalue weighted by molar-refractivity contribution is 0.0589. The van der Waals surface area contributed by atoms with Gasteiger partial charge in [0, 0.05) is 30.6 Å². The Morgan fingerprint density at radius 3 is 2.52 bits per heavy atom. The molecule has 4 rings (SSSR count). The molecule has 1 amide bonds. The SMILES string of the molecule is CC1CCC(N(C(=O)c2cnc3n(c2=O)CCS3)C2CC2)CC1. The highest BCUT2D eigenvalue weighted by Crippen LogP contribution is 2.36. The summed E-state index contributed by atoms with van der Waals surface area (Å²) >= 11 is 1.58. The van der Waals surface area contributed by atoms with Crippen molar-refractivity contribution >= 4 is 17.7 Å². The molecule has 5 nitrogen and oxygen atoms in total. The number of carbonyl (C=O) groups is 1. The predicted molar refractivity (Wildman–Crippen MR) is 89.8 cm³/mol. The van der Waals surface area contributed by atoms with Crippen molar-refractivity contribution in [3.8, 4) is 0 Å². The molecule has 1 aliphatic heterocycles. The highest BCUT2D eigenvalue weighted by Gasteiger charge is 2.40. The fourth-order valence-corrected chi connectivity index (χ4v) is 4.72. The van der Waals surface area contributed by atoms with Crippen LogP contribution in [0.15, 0.2) is 16.1 Å². The van der Waals surface area contributed by atoms with E-state index in [-0.39, 0.29) is 17.0 Å². The zero-order valence-corrected chi connectivity index (χ0v) is 14.3. The summed E-state index contributed by atoms with van der Waals surface area (Å²) in [7, 11) is 0. The maximum atomic E-state index is 13.1. The van der Waals surface area contributed by atoms with Crippen LogP contribution in [-0.4, -0.2) is 38.2 Å². The van der Waals surface area contributed by atoms with Crippen LogP contribution in [0.4, 0.5) is 0 Å². The summed E-state index contributed by atoms with van der Waals surface area (Å²) in [5.41, 5.74) is 0.113. The summed E-state index contributed by atoms with van der Waals surface area (Å²) in [4.78, 5) is 32.1. The van der Waals surface area contributed by atoms with Crippen LogP contribution in [0.2, 0.25) is 0 Å². The van der Waals surface area contributed by atoms with Gasteiger partial charge in [0.25, 0.3) is 11.5 Å². The third-order valence-corrected chi connectivity index (χ3v) is 6.31. The van der Waals surface area contributed by atoms with E-state index in [2.05, 4.69) is 11.9 Å². The monoisotopic (exact) mass is 333 g/mol. The molecule has 2 fully saturated rings. The number of nitrogens with zero attached hydrogens (tertiary/aromatic N) is 3. The quantitative estimate of drug-likeness (QED) is 0.798. The lowest BCUT2D eigenvalue weighted by Gasteiger charge is -2.36. The van der Waals surface area contributed by atoms with Crippen LogP contribution in [0.25, 0.3) is 0 Å². The fourth-order valence-electron chi connectivity index (χ4n) is 3.81. The smallest absolute Gasteiger partial charge is 0.267 e. The number of rotatable bonds is 3. The summed E-state index contributed by atoms with van der Waals surface area (Å²) in [5, 5.41) is 0.746. The second-order valence-corrected chi connectivity index (χ2v) is 8.18. The van der Waals surface area contributed by atoms with E-state index in [9.17, 15) is 9.59 Å². The molecule has 0 saturated heterocycles. The van der Waals surface area contributed by atoms with Crippen LogP contribution >= 0.6 is 11.8 Å². The van der Waals surface area contributed by atoms with Gasteiger partial charge in [-0.1, -0.05) is 18.7 Å². The maximum absolute atomic E-state index is 13.1. The van der Waals surface area contributed by atoms with Crippen molar-refractivity contribution in [2.45, 2.75) is 69.2 Å². The number of fused-ring (bicyclic) bond motifs is 1. The number of carbonyl (C=O) groups excluding carboxylic acids is 1. The molecule has 0 radical (unpaired) electrons. The van der Waals surface area contributed by atoms with Gasteiger partial charge in [0.15, 0.2) is 5.16 Å². The Balaban J connectivity index is 1.62. The molecule has 0 unspecified atom stereocenters. The normalized spacial score (nSPS) is 26.8. The van der Waals surface area contributed by atoms with Gasteiger partial charge in [0.1, 0.15) is 5.56 Å². The predicted octanol–water partition coefficient (Wildman–Crippen LogP) is 2.53. The van der Waals surface area contributed by atoms with Gasteiger partial charge in [-0.05, 0) is 44.4 Å². The van der Waals surface area contributed by atoms with Gasteiger partial charge in [-0.2, -0.15) is 0 Å². The summed E-state index contributed by atoms with van der Waals surface area (Å²) in [6.45, 7) is 2.95. The molecule has 0 bridgehead atoms. The van der Waals surface area contributed by atoms with Crippen molar-refractivity contribution in [2.24, 2.45) is 5.92 Å². The minimum atomic E-state index is -0.153. The molecule has 2 aliphatic carbocycles. The van der Waals surface area contributed by atoms with Gasteiger partial charge >= 0.3 is 0 Å². The molecule has 0 aromatic carbocycles. The highest BCUT2D eigenvalue weighted by molar-refractivity contribution is 7.99. The zero-order chi connectivity index (χ0) is 16.0. The molecule has 0 N–H and O–H groups in total. The van der Waals surface area contributed by atoms with Crippen LogP contribution < -0.4 is 5.56 Å². The molecule has 23 heavy (non-hydrogen) atoms. The van der Waals surface area contributed by atoms with Crippen LogP contribution in [0.5, 0.6) is 0 Å². The Morgan fingerprint density at radius 2 is 1.87 bits per heavy atom. The summed E-state index contributed by atoms with van der Waals surface area (Å²) in [6, 6.07) is 0.645. The Kier molecular flexibility index (Phi) is 3.95. The average molecular weight is 333 g/mol. The van der Waals surface area contributed by atoms with Crippen LogP contribution in [0.1, 0.15) is 55.8 Å². The average Bonchev–Trinajstić information content (AvgIpc) is 3.25. The minimum Gasteiger partial charge on any atom is -0.332 e. The Bertz CT molecular complexity index is 675. The maximum Gasteiger partial charge on any atom is 0.267 e. The molecular weight excluding hydrogens is 310 g/mol. The van der Waals surface area contributed by atoms with Crippen LogP contribution in [-0.2, 0) is 6.54 Å². The van der Waals surface area contributed by atoms with Gasteiger partial charge in [-0.15, -0.1) is 0 Å². The van der Waals surface area contributed by atoms with Crippen molar-refractivity contribution in [3.63, 3.8) is 0 Å². The minimum absolute atomic E-state index is 0.0863. The van der Waals surface area contributed by atoms with Gasteiger partial charge in [-0.3, -0.25) is 14.2 Å². The molecular formula is C17H23N3O2S. The van der Waals surface area contributed by atoms with E-state index in [4.69, 9.17) is 0 Å². The third kappa shape index (κ3) is 2.82. The summed E-state index contributed by atoms with van der Waals surface area (Å²) in [6.07, 6.45) is 8.16. The molecule has 1 aromatic heterocycles. The van der Waals surface area contributed by atoms with E-state index >= 15 is 0 Å². The van der Waals surface area contributed by atoms with E-state index in [1.807, 2.05) is 4.90 Å². The first-order valence-corrected chi connectivity index (χ1v) is 9.69. The molecule has 124 valence electrons. The first-order valence-electron chi connectivity index (χ1n) is 8.70. The third-order valence-electron chi connectivity index (χ3n) is 5.34. The number of amides is 1. The molecule has 0 spiro atoms. The molecule has 1 aromatic rings. The molecule has 2 saturated carbocycles. The van der Waals surface area contributed by atoms with Gasteiger partial charge in [0.2, 0.25) is 0 Å². The van der Waals surface area contributed by atoms with Crippen molar-refractivity contribution in [1.82, 2.24) is 14.5 Å². The molecule has 6 heteroatoms. The number of aromatic nitrogens is 2. The lowest BCUT2D eigenvalue weighted by atomic mass is 9.86. The van der Waals surface area contributed by atoms with E-state index in [0.717, 1.165) is 42.5 Å². The lowest BCUT2D eigenvalue weighted by Crippen LogP contribution is -2.46. The Morgan fingerprint density at radius 1 is 1.22 bits per heavy atom. The number of hydrogen-bond donors (Lipinski definition) is 0. The van der Waals surface area contributed by atoms with Gasteiger partial charge in [0.05, 0.1) is 0 Å². The van der Waals surface area contributed by atoms with Gasteiger partial charge in [-0.25, -0.2) is 4.98 Å². The molecule has 0 atom stereocenters. The van der Waals surface area contributed by atoms with Crippen LogP contribution in [0, 0.1) is 5.92 Å². The van der Waals surface area contributed by atoms with E-state index in [0.29, 0.717) is 18.6 Å². The number of hydrogen-bond acceptors (Lipinski definition) is 4. The standard InChI is InChI=1S/C17H23N3O2S/c1-11-2-4-12(5-3-11)20(13-6-7-13)16(22)14-10-18-17-19(15(14)21)8-9-23-17/h10-13H,2-9H2,1H3. The van der Waals surface area contributed by atoms with E-state index in [1.54, 1.807) is 16.3 Å². The Hall–Kier alpha value is -1.30. The fraction of sp³-hybridized carbons (Fsp3) is 0.706. The van der Waals surface area contributed by atoms with Crippen LogP contribution in [0.3, 0.4) is 0 Å². The van der Waals surface area contributed by atoms with Gasteiger partial charge < -0.3 is 4.90 Å². The zero-order valence-electron chi connectivity index (χ0n) is 13.5. The molecule has 2 heterocycles. The summed E-state index contributed by atoms with van der Waals surface area (Å²) in [5.74, 6) is 1.54. The first kappa shape index (κ1) is 15.2. The van der Waals surface area contributed by atoms with Crippen molar-refractivity contribution in [2.75, 3.05) is 5.75 Å². The van der Waals surface area contributed by atoms with Crippen molar-refractivity contribution in [3.05, 3.63) is 22.1 Å². The number of thioether (sulfide) groups is 1.